The molecule has 3 aliphatic heterocycles. The van der Waals surface area contributed by atoms with Crippen LogP contribution in [0, 0.1) is 12.7 Å². The van der Waals surface area contributed by atoms with Crippen LogP contribution in [-0.4, -0.2) is 66.8 Å². The van der Waals surface area contributed by atoms with Crippen LogP contribution in [0.1, 0.15) is 53.0 Å². The van der Waals surface area contributed by atoms with Crippen molar-refractivity contribution in [3.63, 3.8) is 0 Å². The van der Waals surface area contributed by atoms with Gasteiger partial charge < -0.3 is 14.7 Å². The lowest BCUT2D eigenvalue weighted by Gasteiger charge is -2.38. The molecule has 0 saturated carbocycles. The van der Waals surface area contributed by atoms with Crippen molar-refractivity contribution < 1.29 is 19.0 Å². The van der Waals surface area contributed by atoms with Crippen LogP contribution in [0.15, 0.2) is 24.4 Å². The number of piperidine rings is 1. The van der Waals surface area contributed by atoms with Crippen molar-refractivity contribution in [2.75, 3.05) is 13.2 Å². The summed E-state index contributed by atoms with van der Waals surface area (Å²) in [4.78, 5) is 22.0. The van der Waals surface area contributed by atoms with Crippen LogP contribution in [0.5, 0.6) is 5.75 Å². The summed E-state index contributed by atoms with van der Waals surface area (Å²) >= 11 is 6.18. The molecule has 8 nitrogen and oxygen atoms in total. The number of carbonyl (C=O) groups is 1. The van der Waals surface area contributed by atoms with E-state index in [2.05, 4.69) is 15.0 Å². The van der Waals surface area contributed by atoms with Gasteiger partial charge in [-0.15, -0.1) is 0 Å². The van der Waals surface area contributed by atoms with Gasteiger partial charge in [-0.2, -0.15) is 5.10 Å². The average Bonchev–Trinajstić information content (AvgIpc) is 3.46. The molecule has 3 aliphatic rings. The summed E-state index contributed by atoms with van der Waals surface area (Å²) in [5.41, 5.74) is 3.53. The molecule has 10 heteroatoms. The van der Waals surface area contributed by atoms with E-state index in [9.17, 15) is 14.3 Å². The van der Waals surface area contributed by atoms with Gasteiger partial charge in [0, 0.05) is 36.5 Å². The molecule has 3 atom stereocenters. The topological polar surface area (TPSA) is 83.2 Å². The second-order valence-corrected chi connectivity index (χ2v) is 10.1. The molecular weight excluding hydrogens is 473 g/mol. The van der Waals surface area contributed by atoms with Crippen LogP contribution in [0.25, 0.3) is 5.65 Å². The fourth-order valence-corrected chi connectivity index (χ4v) is 6.07. The Hall–Kier alpha value is -2.75. The summed E-state index contributed by atoms with van der Waals surface area (Å²) in [6.07, 6.45) is 5.27. The Balaban J connectivity index is 1.22. The van der Waals surface area contributed by atoms with E-state index in [1.54, 1.807) is 15.6 Å². The van der Waals surface area contributed by atoms with E-state index in [0.717, 1.165) is 42.6 Å². The first-order valence-electron chi connectivity index (χ1n) is 12.1. The van der Waals surface area contributed by atoms with Gasteiger partial charge in [0.15, 0.2) is 5.65 Å². The molecule has 0 radical (unpaired) electrons. The van der Waals surface area contributed by atoms with E-state index in [4.69, 9.17) is 16.3 Å². The Kier molecular flexibility index (Phi) is 5.66. The second kappa shape index (κ2) is 8.72. The molecule has 2 aromatic heterocycles. The first kappa shape index (κ1) is 22.7. The van der Waals surface area contributed by atoms with Crippen molar-refractivity contribution in [1.29, 1.82) is 0 Å². The van der Waals surface area contributed by atoms with E-state index in [1.165, 1.54) is 18.2 Å². The number of halogens is 2. The number of carbonyl (C=O) groups excluding carboxylic acids is 1. The molecular formula is C25H27ClFN5O3. The van der Waals surface area contributed by atoms with E-state index in [0.29, 0.717) is 48.0 Å². The Morgan fingerprint density at radius 1 is 1.26 bits per heavy atom. The summed E-state index contributed by atoms with van der Waals surface area (Å²) < 4.78 is 22.2. The fraction of sp³-hybridized carbons (Fsp3) is 0.480. The molecule has 0 unspecified atom stereocenters. The summed E-state index contributed by atoms with van der Waals surface area (Å²) in [6.45, 7) is 3.41. The van der Waals surface area contributed by atoms with E-state index < -0.39 is 5.82 Å². The van der Waals surface area contributed by atoms with Crippen molar-refractivity contribution in [2.24, 2.45) is 0 Å². The van der Waals surface area contributed by atoms with E-state index in [-0.39, 0.29) is 24.4 Å². The number of hydrogen-bond acceptors (Lipinski definition) is 6. The molecule has 0 aliphatic carbocycles. The van der Waals surface area contributed by atoms with Crippen LogP contribution in [-0.2, 0) is 13.1 Å². The monoisotopic (exact) mass is 499 g/mol. The molecule has 0 spiro atoms. The lowest BCUT2D eigenvalue weighted by atomic mass is 9.99. The minimum atomic E-state index is -0.434. The SMILES string of the molecule is Cc1c(Cl)cnc2c3c(nn12)CN(C(=O)c1ccc(F)cc1O[C@H]1C[C@H]2CC[C@@H](C1)N2CCO)C3. The zero-order valence-corrected chi connectivity index (χ0v) is 20.2. The number of amides is 1. The summed E-state index contributed by atoms with van der Waals surface area (Å²) in [5.74, 6) is -0.367. The Morgan fingerprint density at radius 3 is 2.77 bits per heavy atom. The Morgan fingerprint density at radius 2 is 2.03 bits per heavy atom. The summed E-state index contributed by atoms with van der Waals surface area (Å²) in [6, 6.07) is 4.83. The fourth-order valence-electron chi connectivity index (χ4n) is 5.95. The quantitative estimate of drug-likeness (QED) is 0.579. The van der Waals surface area contributed by atoms with Crippen molar-refractivity contribution in [3.05, 3.63) is 57.8 Å². The van der Waals surface area contributed by atoms with Crippen molar-refractivity contribution >= 4 is 23.2 Å². The number of aliphatic hydroxyl groups is 1. The number of nitrogens with zero attached hydrogens (tertiary/aromatic N) is 5. The molecule has 6 rings (SSSR count). The number of ether oxygens (including phenoxy) is 1. The predicted molar refractivity (Wildman–Crippen MR) is 127 cm³/mol. The minimum absolute atomic E-state index is 0.0901. The van der Waals surface area contributed by atoms with Crippen LogP contribution in [0.3, 0.4) is 0 Å². The zero-order valence-electron chi connectivity index (χ0n) is 19.5. The molecule has 35 heavy (non-hydrogen) atoms. The number of aliphatic hydroxyl groups excluding tert-OH is 1. The number of hydrogen-bond donors (Lipinski definition) is 1. The number of fused-ring (bicyclic) bond motifs is 5. The summed E-state index contributed by atoms with van der Waals surface area (Å²) in [7, 11) is 0. The van der Waals surface area contributed by atoms with Gasteiger partial charge in [0.1, 0.15) is 17.7 Å². The van der Waals surface area contributed by atoms with E-state index in [1.807, 2.05) is 6.92 Å². The first-order valence-corrected chi connectivity index (χ1v) is 12.4. The highest BCUT2D eigenvalue weighted by molar-refractivity contribution is 6.31. The molecule has 1 amide bonds. The lowest BCUT2D eigenvalue weighted by Crippen LogP contribution is -2.47. The lowest BCUT2D eigenvalue weighted by molar-refractivity contribution is 0.0380. The maximum absolute atomic E-state index is 14.2. The van der Waals surface area contributed by atoms with Crippen molar-refractivity contribution in [1.82, 2.24) is 24.4 Å². The van der Waals surface area contributed by atoms with Gasteiger partial charge in [-0.1, -0.05) is 11.6 Å². The summed E-state index contributed by atoms with van der Waals surface area (Å²) in [5, 5.41) is 14.5. The standard InChI is InChI=1S/C25H27ClFN5O3/c1-14-21(26)11-28-24-20-12-30(13-22(20)29-32(14)24)25(34)19-5-2-15(27)8-23(19)35-18-9-16-3-4-17(10-18)31(16)6-7-33/h2,5,8,11,16-18,33H,3-4,6-7,9-10,12-13H2,1H3/t16-,17+,18+. The van der Waals surface area contributed by atoms with Crippen molar-refractivity contribution in [3.8, 4) is 5.75 Å². The molecule has 2 saturated heterocycles. The number of aromatic nitrogens is 3. The number of benzene rings is 1. The molecule has 1 N–H and O–H groups in total. The molecule has 2 bridgehead atoms. The molecule has 5 heterocycles. The predicted octanol–water partition coefficient (Wildman–Crippen LogP) is 3.35. The van der Waals surface area contributed by atoms with Gasteiger partial charge in [-0.3, -0.25) is 9.69 Å². The molecule has 3 aromatic rings. The molecule has 184 valence electrons. The highest BCUT2D eigenvalue weighted by atomic mass is 35.5. The number of aryl methyl sites for hydroxylation is 1. The Labute approximate surface area is 207 Å². The van der Waals surface area contributed by atoms with Gasteiger partial charge in [-0.05, 0) is 44.7 Å². The minimum Gasteiger partial charge on any atom is -0.489 e. The maximum Gasteiger partial charge on any atom is 0.258 e. The van der Waals surface area contributed by atoms with Gasteiger partial charge in [0.05, 0.1) is 41.7 Å². The normalized spacial score (nSPS) is 23.8. The maximum atomic E-state index is 14.2. The third-order valence-electron chi connectivity index (χ3n) is 7.65. The van der Waals surface area contributed by atoms with Gasteiger partial charge >= 0.3 is 0 Å². The van der Waals surface area contributed by atoms with Crippen LogP contribution in [0.2, 0.25) is 5.02 Å². The van der Waals surface area contributed by atoms with Crippen molar-refractivity contribution in [2.45, 2.75) is 63.9 Å². The van der Waals surface area contributed by atoms with Crippen LogP contribution < -0.4 is 4.74 Å². The largest absolute Gasteiger partial charge is 0.489 e. The van der Waals surface area contributed by atoms with Gasteiger partial charge in [0.2, 0.25) is 0 Å². The van der Waals surface area contributed by atoms with Crippen LogP contribution in [0.4, 0.5) is 4.39 Å². The third kappa shape index (κ3) is 3.86. The average molecular weight is 500 g/mol. The zero-order chi connectivity index (χ0) is 24.3. The Bertz CT molecular complexity index is 1300. The highest BCUT2D eigenvalue weighted by Crippen LogP contribution is 2.38. The van der Waals surface area contributed by atoms with Gasteiger partial charge in [0.25, 0.3) is 5.91 Å². The third-order valence-corrected chi connectivity index (χ3v) is 8.02. The van der Waals surface area contributed by atoms with Gasteiger partial charge in [-0.25, -0.2) is 13.9 Å². The molecule has 1 aromatic carbocycles. The highest BCUT2D eigenvalue weighted by Gasteiger charge is 2.41. The number of rotatable bonds is 5. The first-order chi connectivity index (χ1) is 16.9. The molecule has 2 fully saturated rings. The van der Waals surface area contributed by atoms with E-state index >= 15 is 0 Å². The smallest absolute Gasteiger partial charge is 0.258 e. The van der Waals surface area contributed by atoms with Crippen LogP contribution >= 0.6 is 11.6 Å². The second-order valence-electron chi connectivity index (χ2n) is 9.71.